The Morgan fingerprint density at radius 1 is 1.46 bits per heavy atom. The Morgan fingerprint density at radius 3 is 3.00 bits per heavy atom. The summed E-state index contributed by atoms with van der Waals surface area (Å²) in [4.78, 5) is 0. The van der Waals surface area contributed by atoms with Gasteiger partial charge in [-0.05, 0) is 30.7 Å². The summed E-state index contributed by atoms with van der Waals surface area (Å²) >= 11 is 6.00. The lowest BCUT2D eigenvalue weighted by Gasteiger charge is -2.18. The zero-order valence-electron chi connectivity index (χ0n) is 7.10. The molecule has 1 heterocycles. The SMILES string of the molecule is CC1=C(Cl)c2cc(F)ccc2OC1. The summed E-state index contributed by atoms with van der Waals surface area (Å²) in [6.45, 7) is 2.35. The van der Waals surface area contributed by atoms with E-state index in [-0.39, 0.29) is 5.82 Å². The zero-order chi connectivity index (χ0) is 9.42. The van der Waals surface area contributed by atoms with Gasteiger partial charge in [0.1, 0.15) is 18.2 Å². The Bertz CT molecular complexity index is 385. The molecule has 0 amide bonds. The zero-order valence-corrected chi connectivity index (χ0v) is 7.86. The minimum atomic E-state index is -0.296. The fraction of sp³-hybridized carbons (Fsp3) is 0.200. The third kappa shape index (κ3) is 1.42. The van der Waals surface area contributed by atoms with Gasteiger partial charge in [0.05, 0.1) is 5.03 Å². The fourth-order valence-electron chi connectivity index (χ4n) is 1.28. The molecule has 0 radical (unpaired) electrons. The molecule has 1 aliphatic rings. The minimum absolute atomic E-state index is 0.296. The number of hydrogen-bond acceptors (Lipinski definition) is 1. The molecule has 2 rings (SSSR count). The lowest BCUT2D eigenvalue weighted by molar-refractivity contribution is 0.346. The van der Waals surface area contributed by atoms with Crippen LogP contribution in [-0.2, 0) is 0 Å². The molecule has 1 aromatic carbocycles. The van der Waals surface area contributed by atoms with Crippen LogP contribution < -0.4 is 4.74 Å². The van der Waals surface area contributed by atoms with E-state index < -0.39 is 0 Å². The summed E-state index contributed by atoms with van der Waals surface area (Å²) in [6.07, 6.45) is 0. The van der Waals surface area contributed by atoms with Crippen molar-refractivity contribution in [2.24, 2.45) is 0 Å². The summed E-state index contributed by atoms with van der Waals surface area (Å²) in [5, 5.41) is 0.598. The maximum atomic E-state index is 12.9. The van der Waals surface area contributed by atoms with Gasteiger partial charge in [-0.1, -0.05) is 11.6 Å². The normalized spacial score (nSPS) is 15.3. The molecule has 0 aliphatic carbocycles. The number of benzene rings is 1. The van der Waals surface area contributed by atoms with E-state index in [2.05, 4.69) is 0 Å². The molecule has 68 valence electrons. The highest BCUT2D eigenvalue weighted by atomic mass is 35.5. The highest BCUT2D eigenvalue weighted by molar-refractivity contribution is 6.49. The molecule has 1 aromatic rings. The summed E-state index contributed by atoms with van der Waals surface area (Å²) in [7, 11) is 0. The molecule has 0 spiro atoms. The van der Waals surface area contributed by atoms with E-state index in [9.17, 15) is 4.39 Å². The van der Waals surface area contributed by atoms with Crippen LogP contribution in [-0.4, -0.2) is 6.61 Å². The predicted molar refractivity (Wildman–Crippen MR) is 50.3 cm³/mol. The second kappa shape index (κ2) is 3.04. The molecule has 0 unspecified atom stereocenters. The van der Waals surface area contributed by atoms with Gasteiger partial charge in [-0.2, -0.15) is 0 Å². The molecule has 0 bridgehead atoms. The summed E-state index contributed by atoms with van der Waals surface area (Å²) in [6, 6.07) is 4.35. The minimum Gasteiger partial charge on any atom is -0.489 e. The van der Waals surface area contributed by atoms with Crippen LogP contribution in [0, 0.1) is 5.82 Å². The first-order valence-electron chi connectivity index (χ1n) is 3.96. The summed E-state index contributed by atoms with van der Waals surface area (Å²) < 4.78 is 18.2. The average Bonchev–Trinajstić information content (AvgIpc) is 2.12. The highest BCUT2D eigenvalue weighted by Gasteiger charge is 2.16. The monoisotopic (exact) mass is 198 g/mol. The smallest absolute Gasteiger partial charge is 0.128 e. The third-order valence-corrected chi connectivity index (χ3v) is 2.52. The van der Waals surface area contributed by atoms with Gasteiger partial charge in [0.15, 0.2) is 0 Å². The van der Waals surface area contributed by atoms with E-state index in [1.54, 1.807) is 6.07 Å². The number of ether oxygens (including phenoxy) is 1. The van der Waals surface area contributed by atoms with Crippen molar-refractivity contribution < 1.29 is 9.13 Å². The van der Waals surface area contributed by atoms with Crippen molar-refractivity contribution in [3.63, 3.8) is 0 Å². The lowest BCUT2D eigenvalue weighted by Crippen LogP contribution is -2.07. The molecule has 0 saturated carbocycles. The van der Waals surface area contributed by atoms with E-state index in [1.807, 2.05) is 6.92 Å². The van der Waals surface area contributed by atoms with Gasteiger partial charge < -0.3 is 4.74 Å². The molecule has 13 heavy (non-hydrogen) atoms. The lowest BCUT2D eigenvalue weighted by atomic mass is 10.1. The Labute approximate surface area is 80.8 Å². The van der Waals surface area contributed by atoms with Gasteiger partial charge in [-0.15, -0.1) is 0 Å². The largest absolute Gasteiger partial charge is 0.489 e. The molecule has 1 nitrogen and oxygen atoms in total. The fourth-order valence-corrected chi connectivity index (χ4v) is 1.48. The first-order valence-corrected chi connectivity index (χ1v) is 4.34. The maximum Gasteiger partial charge on any atom is 0.128 e. The molecule has 0 aromatic heterocycles. The Kier molecular flexibility index (Phi) is 2.00. The van der Waals surface area contributed by atoms with Crippen LogP contribution in [0.25, 0.3) is 5.03 Å². The Balaban J connectivity index is 2.60. The van der Waals surface area contributed by atoms with E-state index >= 15 is 0 Å². The van der Waals surface area contributed by atoms with Crippen LogP contribution in [0.15, 0.2) is 23.8 Å². The van der Waals surface area contributed by atoms with Crippen molar-refractivity contribution in [1.82, 2.24) is 0 Å². The standard InChI is InChI=1S/C10H8ClFO/c1-6-5-13-9-3-2-7(12)4-8(9)10(6)11/h2-4H,5H2,1H3. The molecule has 0 atom stereocenters. The number of fused-ring (bicyclic) bond motifs is 1. The molecular formula is C10H8ClFO. The van der Waals surface area contributed by atoms with Crippen molar-refractivity contribution in [2.75, 3.05) is 6.61 Å². The topological polar surface area (TPSA) is 9.23 Å². The van der Waals surface area contributed by atoms with Gasteiger partial charge in [0.25, 0.3) is 0 Å². The number of halogens is 2. The quantitative estimate of drug-likeness (QED) is 0.622. The van der Waals surface area contributed by atoms with Crippen molar-refractivity contribution in [1.29, 1.82) is 0 Å². The van der Waals surface area contributed by atoms with Gasteiger partial charge >= 0.3 is 0 Å². The van der Waals surface area contributed by atoms with Crippen molar-refractivity contribution in [3.8, 4) is 5.75 Å². The Morgan fingerprint density at radius 2 is 2.23 bits per heavy atom. The van der Waals surface area contributed by atoms with Crippen molar-refractivity contribution in [2.45, 2.75) is 6.92 Å². The number of rotatable bonds is 0. The molecule has 1 aliphatic heterocycles. The average molecular weight is 199 g/mol. The van der Waals surface area contributed by atoms with Crippen LogP contribution in [0.4, 0.5) is 4.39 Å². The van der Waals surface area contributed by atoms with E-state index in [0.29, 0.717) is 23.0 Å². The second-order valence-electron chi connectivity index (χ2n) is 3.02. The maximum absolute atomic E-state index is 12.9. The van der Waals surface area contributed by atoms with Crippen LogP contribution in [0.5, 0.6) is 5.75 Å². The molecule has 3 heteroatoms. The third-order valence-electron chi connectivity index (χ3n) is 2.00. The van der Waals surface area contributed by atoms with Crippen LogP contribution in [0.1, 0.15) is 12.5 Å². The summed E-state index contributed by atoms with van der Waals surface area (Å²) in [5.41, 5.74) is 1.57. The first kappa shape index (κ1) is 8.57. The predicted octanol–water partition coefficient (Wildman–Crippen LogP) is 3.19. The van der Waals surface area contributed by atoms with Crippen molar-refractivity contribution in [3.05, 3.63) is 35.2 Å². The molecule has 0 saturated heterocycles. The van der Waals surface area contributed by atoms with E-state index in [4.69, 9.17) is 16.3 Å². The van der Waals surface area contributed by atoms with Gasteiger partial charge in [-0.25, -0.2) is 4.39 Å². The Hall–Kier alpha value is -1.02. The van der Waals surface area contributed by atoms with E-state index in [0.717, 1.165) is 5.57 Å². The second-order valence-corrected chi connectivity index (χ2v) is 3.40. The van der Waals surface area contributed by atoms with Gasteiger partial charge in [0.2, 0.25) is 0 Å². The molecule has 0 N–H and O–H groups in total. The summed E-state index contributed by atoms with van der Waals surface area (Å²) in [5.74, 6) is 0.354. The molecular weight excluding hydrogens is 191 g/mol. The van der Waals surface area contributed by atoms with Crippen LogP contribution in [0.3, 0.4) is 0 Å². The molecule has 0 fully saturated rings. The van der Waals surface area contributed by atoms with E-state index in [1.165, 1.54) is 12.1 Å². The van der Waals surface area contributed by atoms with Crippen molar-refractivity contribution >= 4 is 16.6 Å². The number of hydrogen-bond donors (Lipinski definition) is 0. The first-order chi connectivity index (χ1) is 6.18. The van der Waals surface area contributed by atoms with Crippen LogP contribution >= 0.6 is 11.6 Å². The van der Waals surface area contributed by atoms with Gasteiger partial charge in [-0.3, -0.25) is 0 Å². The highest BCUT2D eigenvalue weighted by Crippen LogP contribution is 2.35. The van der Waals surface area contributed by atoms with Gasteiger partial charge in [0, 0.05) is 5.56 Å². The van der Waals surface area contributed by atoms with Crippen LogP contribution in [0.2, 0.25) is 0 Å².